The van der Waals surface area contributed by atoms with Crippen LogP contribution in [0.5, 0.6) is 5.75 Å². The summed E-state index contributed by atoms with van der Waals surface area (Å²) < 4.78 is 8.15. The predicted molar refractivity (Wildman–Crippen MR) is 110 cm³/mol. The highest BCUT2D eigenvalue weighted by atomic mass is 16.5. The number of hydrogen-bond donors (Lipinski definition) is 2. The minimum atomic E-state index is 0.299. The zero-order valence-corrected chi connectivity index (χ0v) is 16.8. The highest BCUT2D eigenvalue weighted by molar-refractivity contribution is 5.80. The maximum absolute atomic E-state index is 6.14. The summed E-state index contributed by atoms with van der Waals surface area (Å²) in [7, 11) is 0. The fraction of sp³-hybridized carbons (Fsp3) is 0.571. The van der Waals surface area contributed by atoms with E-state index in [1.807, 2.05) is 17.7 Å². The third kappa shape index (κ3) is 4.46. The van der Waals surface area contributed by atoms with Crippen molar-refractivity contribution in [2.24, 2.45) is 4.99 Å². The van der Waals surface area contributed by atoms with E-state index in [9.17, 15) is 0 Å². The van der Waals surface area contributed by atoms with Crippen molar-refractivity contribution in [3.8, 4) is 5.75 Å². The van der Waals surface area contributed by atoms with E-state index in [0.29, 0.717) is 18.7 Å². The van der Waals surface area contributed by atoms with Gasteiger partial charge in [0.15, 0.2) is 5.96 Å². The van der Waals surface area contributed by atoms with Gasteiger partial charge >= 0.3 is 0 Å². The quantitative estimate of drug-likeness (QED) is 0.593. The lowest BCUT2D eigenvalue weighted by molar-refractivity contribution is 0.119. The lowest BCUT2D eigenvalue weighted by atomic mass is 9.96. The Balaban J connectivity index is 1.41. The molecule has 2 aliphatic rings. The maximum Gasteiger partial charge on any atom is 0.191 e. The smallest absolute Gasteiger partial charge is 0.191 e. The predicted octanol–water partition coefficient (Wildman–Crippen LogP) is 2.59. The lowest BCUT2D eigenvalue weighted by Crippen LogP contribution is -2.47. The molecule has 1 saturated carbocycles. The molecule has 7 nitrogen and oxygen atoms in total. The second-order valence-electron chi connectivity index (χ2n) is 7.61. The number of fused-ring (bicyclic) bond motifs is 1. The van der Waals surface area contributed by atoms with Crippen LogP contribution in [0.3, 0.4) is 0 Å². The van der Waals surface area contributed by atoms with E-state index >= 15 is 0 Å². The second-order valence-corrected chi connectivity index (χ2v) is 7.61. The Morgan fingerprint density at radius 1 is 1.29 bits per heavy atom. The largest absolute Gasteiger partial charge is 0.490 e. The summed E-state index contributed by atoms with van der Waals surface area (Å²) in [6, 6.07) is 8.54. The minimum Gasteiger partial charge on any atom is -0.490 e. The molecule has 1 fully saturated rings. The summed E-state index contributed by atoms with van der Waals surface area (Å²) in [5.74, 6) is 3.73. The zero-order chi connectivity index (χ0) is 19.3. The molecular formula is C21H30N6O. The number of nitrogens with zero attached hydrogens (tertiary/aromatic N) is 4. The first-order valence-electron chi connectivity index (χ1n) is 10.4. The van der Waals surface area contributed by atoms with Crippen LogP contribution < -0.4 is 15.4 Å². The van der Waals surface area contributed by atoms with Crippen LogP contribution in [0.25, 0.3) is 0 Å². The van der Waals surface area contributed by atoms with Gasteiger partial charge in [-0.05, 0) is 45.6 Å². The van der Waals surface area contributed by atoms with Gasteiger partial charge in [-0.2, -0.15) is 5.10 Å². The van der Waals surface area contributed by atoms with E-state index < -0.39 is 0 Å². The summed E-state index contributed by atoms with van der Waals surface area (Å²) in [5, 5.41) is 11.4. The average molecular weight is 383 g/mol. The number of nitrogens with one attached hydrogen (secondary N) is 2. The molecule has 7 heteroatoms. The summed E-state index contributed by atoms with van der Waals surface area (Å²) >= 11 is 0. The molecule has 2 N–H and O–H groups in total. The highest BCUT2D eigenvalue weighted by Crippen LogP contribution is 2.27. The molecule has 0 radical (unpaired) electrons. The standard InChI is InChI=1S/C21H30N6O/c1-3-22-21(25-17-11-12-20-24-15(2)26-27(20)14-17)23-13-16-7-4-5-10-19(16)28-18-8-6-9-18/h4-5,7,10,17-18H,3,6,8-9,11-14H2,1-2H3,(H2,22,23,25). The molecular weight excluding hydrogens is 352 g/mol. The molecule has 1 aromatic carbocycles. The van der Waals surface area contributed by atoms with Crippen molar-refractivity contribution in [3.05, 3.63) is 41.5 Å². The third-order valence-electron chi connectivity index (χ3n) is 5.37. The van der Waals surface area contributed by atoms with Crippen molar-refractivity contribution in [2.45, 2.75) is 71.2 Å². The average Bonchev–Trinajstić information content (AvgIpc) is 3.03. The minimum absolute atomic E-state index is 0.299. The lowest BCUT2D eigenvalue weighted by Gasteiger charge is -2.27. The summed E-state index contributed by atoms with van der Waals surface area (Å²) in [5.41, 5.74) is 1.13. The molecule has 1 aromatic heterocycles. The fourth-order valence-electron chi connectivity index (χ4n) is 3.65. The molecule has 1 aliphatic heterocycles. The van der Waals surface area contributed by atoms with E-state index in [1.165, 1.54) is 6.42 Å². The Labute approximate surface area is 166 Å². The molecule has 1 unspecified atom stereocenters. The Morgan fingerprint density at radius 3 is 2.93 bits per heavy atom. The number of para-hydroxylation sites is 1. The number of rotatable bonds is 6. The topological polar surface area (TPSA) is 76.4 Å². The monoisotopic (exact) mass is 382 g/mol. The van der Waals surface area contributed by atoms with Crippen LogP contribution >= 0.6 is 0 Å². The Kier molecular flexibility index (Phi) is 5.78. The summed E-state index contributed by atoms with van der Waals surface area (Å²) in [4.78, 5) is 9.31. The molecule has 0 amide bonds. The van der Waals surface area contributed by atoms with Gasteiger partial charge in [-0.3, -0.25) is 0 Å². The molecule has 1 aliphatic carbocycles. The number of aliphatic imine (C=N–C) groups is 1. The van der Waals surface area contributed by atoms with Gasteiger partial charge in [-0.1, -0.05) is 18.2 Å². The molecule has 28 heavy (non-hydrogen) atoms. The van der Waals surface area contributed by atoms with Gasteiger partial charge in [-0.15, -0.1) is 0 Å². The Morgan fingerprint density at radius 2 is 2.14 bits per heavy atom. The van der Waals surface area contributed by atoms with E-state index in [2.05, 4.69) is 45.8 Å². The van der Waals surface area contributed by atoms with Crippen molar-refractivity contribution in [3.63, 3.8) is 0 Å². The molecule has 2 aromatic rings. The number of aryl methyl sites for hydroxylation is 2. The first-order valence-corrected chi connectivity index (χ1v) is 10.4. The summed E-state index contributed by atoms with van der Waals surface area (Å²) in [6.45, 7) is 6.28. The fourth-order valence-corrected chi connectivity index (χ4v) is 3.65. The van der Waals surface area contributed by atoms with Crippen LogP contribution in [-0.4, -0.2) is 39.4 Å². The van der Waals surface area contributed by atoms with Crippen LogP contribution in [0.4, 0.5) is 0 Å². The van der Waals surface area contributed by atoms with E-state index in [4.69, 9.17) is 9.73 Å². The van der Waals surface area contributed by atoms with Crippen LogP contribution in [0.15, 0.2) is 29.3 Å². The maximum atomic E-state index is 6.14. The van der Waals surface area contributed by atoms with Crippen LogP contribution in [0, 0.1) is 6.92 Å². The first kappa shape index (κ1) is 18.8. The van der Waals surface area contributed by atoms with Gasteiger partial charge in [0.2, 0.25) is 0 Å². The SMILES string of the molecule is CCNC(=NCc1ccccc1OC1CCC1)NC1CCc2nc(C)nn2C1. The van der Waals surface area contributed by atoms with Gasteiger partial charge in [0.25, 0.3) is 0 Å². The Bertz CT molecular complexity index is 826. The highest BCUT2D eigenvalue weighted by Gasteiger charge is 2.22. The van der Waals surface area contributed by atoms with Crippen LogP contribution in [-0.2, 0) is 19.5 Å². The van der Waals surface area contributed by atoms with E-state index in [1.54, 1.807) is 0 Å². The Hall–Kier alpha value is -2.57. The normalized spacial score (nSPS) is 19.6. The molecule has 150 valence electrons. The molecule has 2 heterocycles. The molecule has 0 saturated heterocycles. The molecule has 0 bridgehead atoms. The zero-order valence-electron chi connectivity index (χ0n) is 16.8. The van der Waals surface area contributed by atoms with Crippen molar-refractivity contribution in [1.29, 1.82) is 0 Å². The van der Waals surface area contributed by atoms with Crippen LogP contribution in [0.1, 0.15) is 49.8 Å². The number of ether oxygens (including phenoxy) is 1. The van der Waals surface area contributed by atoms with Crippen molar-refractivity contribution < 1.29 is 4.74 Å². The molecule has 0 spiro atoms. The molecule has 4 rings (SSSR count). The summed E-state index contributed by atoms with van der Waals surface area (Å²) in [6.07, 6.45) is 5.94. The van der Waals surface area contributed by atoms with Crippen molar-refractivity contribution in [2.75, 3.05) is 6.54 Å². The van der Waals surface area contributed by atoms with Crippen LogP contribution in [0.2, 0.25) is 0 Å². The number of aromatic nitrogens is 3. The molecule has 1 atom stereocenters. The van der Waals surface area contributed by atoms with E-state index in [0.717, 1.165) is 67.7 Å². The van der Waals surface area contributed by atoms with Gasteiger partial charge in [0.1, 0.15) is 17.4 Å². The first-order chi connectivity index (χ1) is 13.7. The number of guanidine groups is 1. The van der Waals surface area contributed by atoms with Crippen molar-refractivity contribution >= 4 is 5.96 Å². The van der Waals surface area contributed by atoms with Crippen molar-refractivity contribution in [1.82, 2.24) is 25.4 Å². The van der Waals surface area contributed by atoms with Gasteiger partial charge < -0.3 is 15.4 Å². The third-order valence-corrected chi connectivity index (χ3v) is 5.37. The number of hydrogen-bond acceptors (Lipinski definition) is 4. The number of benzene rings is 1. The van der Waals surface area contributed by atoms with E-state index in [-0.39, 0.29) is 0 Å². The van der Waals surface area contributed by atoms with Gasteiger partial charge in [0.05, 0.1) is 19.2 Å². The second kappa shape index (κ2) is 8.63. The van der Waals surface area contributed by atoms with Gasteiger partial charge in [-0.25, -0.2) is 14.7 Å². The van der Waals surface area contributed by atoms with Gasteiger partial charge in [0, 0.05) is 24.6 Å².